The number of ether oxygens (including phenoxy) is 1. The summed E-state index contributed by atoms with van der Waals surface area (Å²) < 4.78 is 6.24. The van der Waals surface area contributed by atoms with Gasteiger partial charge in [-0.05, 0) is 6.07 Å². The van der Waals surface area contributed by atoms with Gasteiger partial charge in [0, 0.05) is 24.2 Å². The largest absolute Gasteiger partial charge is 0.469 e. The summed E-state index contributed by atoms with van der Waals surface area (Å²) in [5.41, 5.74) is 0.943. The van der Waals surface area contributed by atoms with E-state index in [1.54, 1.807) is 23.2 Å². The number of benzene rings is 1. The number of carbonyl (C=O) groups is 1. The van der Waals surface area contributed by atoms with Crippen molar-refractivity contribution in [3.8, 4) is 0 Å². The predicted octanol–water partition coefficient (Wildman–Crippen LogP) is 2.25. The van der Waals surface area contributed by atoms with Crippen molar-refractivity contribution < 1.29 is 9.53 Å². The van der Waals surface area contributed by atoms with Gasteiger partial charge in [0.15, 0.2) is 5.84 Å². The summed E-state index contributed by atoms with van der Waals surface area (Å²) in [5.74, 6) is 0.397. The highest BCUT2D eigenvalue weighted by Gasteiger charge is 2.04. The van der Waals surface area contributed by atoms with E-state index in [1.807, 2.05) is 42.6 Å². The molecule has 5 nitrogen and oxygen atoms in total. The molecule has 0 radical (unpaired) electrons. The minimum absolute atomic E-state index is 0.196. The van der Waals surface area contributed by atoms with E-state index in [-0.39, 0.29) is 12.4 Å². The smallest absolute Gasteiger partial charge is 0.309 e. The molecule has 2 aromatic rings. The van der Waals surface area contributed by atoms with E-state index in [0.29, 0.717) is 5.84 Å². The summed E-state index contributed by atoms with van der Waals surface area (Å²) in [6.45, 7) is 0. The van der Waals surface area contributed by atoms with Gasteiger partial charge in [0.05, 0.1) is 13.5 Å². The van der Waals surface area contributed by atoms with Gasteiger partial charge in [0.1, 0.15) is 0 Å². The van der Waals surface area contributed by atoms with Crippen LogP contribution in [0, 0.1) is 0 Å². The summed E-state index contributed by atoms with van der Waals surface area (Å²) in [4.78, 5) is 15.4. The highest BCUT2D eigenvalue weighted by Crippen LogP contribution is 2.04. The molecule has 0 fully saturated rings. The second kappa shape index (κ2) is 7.04. The molecule has 0 saturated carbocycles. The predicted molar refractivity (Wildman–Crippen MR) is 76.4 cm³/mol. The monoisotopic (exact) mass is 269 g/mol. The topological polar surface area (TPSA) is 56.5 Å². The number of rotatable bonds is 4. The van der Waals surface area contributed by atoms with Crippen LogP contribution < -0.4 is 0 Å². The van der Waals surface area contributed by atoms with E-state index in [0.717, 1.165) is 5.56 Å². The lowest BCUT2D eigenvalue weighted by molar-refractivity contribution is -0.139. The van der Waals surface area contributed by atoms with Gasteiger partial charge in [0.25, 0.3) is 0 Å². The summed E-state index contributed by atoms with van der Waals surface area (Å²) in [7, 11) is 1.36. The first-order valence-electron chi connectivity index (χ1n) is 6.16. The lowest BCUT2D eigenvalue weighted by Gasteiger charge is -2.05. The van der Waals surface area contributed by atoms with E-state index in [9.17, 15) is 4.79 Å². The van der Waals surface area contributed by atoms with E-state index in [2.05, 4.69) is 14.8 Å². The van der Waals surface area contributed by atoms with Crippen molar-refractivity contribution in [2.75, 3.05) is 7.11 Å². The third-order valence-corrected chi connectivity index (χ3v) is 2.57. The van der Waals surface area contributed by atoms with E-state index in [4.69, 9.17) is 0 Å². The van der Waals surface area contributed by atoms with Crippen molar-refractivity contribution in [3.63, 3.8) is 0 Å². The first kappa shape index (κ1) is 13.7. The molecule has 5 heteroatoms. The van der Waals surface area contributed by atoms with Crippen molar-refractivity contribution in [2.24, 2.45) is 4.99 Å². The third kappa shape index (κ3) is 3.65. The average molecular weight is 269 g/mol. The van der Waals surface area contributed by atoms with Gasteiger partial charge in [0.2, 0.25) is 0 Å². The number of aliphatic imine (C=N–C) groups is 1. The van der Waals surface area contributed by atoms with Crippen LogP contribution in [-0.4, -0.2) is 28.7 Å². The van der Waals surface area contributed by atoms with Crippen LogP contribution in [0.2, 0.25) is 0 Å². The molecule has 0 unspecified atom stereocenters. The molecule has 0 bridgehead atoms. The Hall–Kier alpha value is -2.69. The molecule has 1 heterocycles. The number of nitrogens with zero attached hydrogens (tertiary/aromatic N) is 3. The molecule has 1 aromatic carbocycles. The Kier molecular flexibility index (Phi) is 4.83. The van der Waals surface area contributed by atoms with Crippen molar-refractivity contribution in [3.05, 3.63) is 66.6 Å². The Morgan fingerprint density at radius 3 is 2.80 bits per heavy atom. The Labute approximate surface area is 117 Å². The molecule has 20 heavy (non-hydrogen) atoms. The quantitative estimate of drug-likeness (QED) is 0.486. The van der Waals surface area contributed by atoms with E-state index >= 15 is 0 Å². The third-order valence-electron chi connectivity index (χ3n) is 2.57. The Balaban J connectivity index is 2.22. The van der Waals surface area contributed by atoms with Crippen molar-refractivity contribution in [1.82, 2.24) is 9.78 Å². The zero-order valence-electron chi connectivity index (χ0n) is 11.1. The van der Waals surface area contributed by atoms with E-state index in [1.165, 1.54) is 7.11 Å². The molecule has 0 spiro atoms. The summed E-state index contributed by atoms with van der Waals surface area (Å²) in [6.07, 6.45) is 6.94. The Morgan fingerprint density at radius 2 is 2.15 bits per heavy atom. The first-order chi connectivity index (χ1) is 9.81. The van der Waals surface area contributed by atoms with Crippen LogP contribution >= 0.6 is 0 Å². The minimum Gasteiger partial charge on any atom is -0.469 e. The molecule has 1 aromatic heterocycles. The SMILES string of the molecule is COC(=O)C/C=C\N=C(c1ccccc1)n1cccn1. The van der Waals surface area contributed by atoms with Crippen LogP contribution in [0.5, 0.6) is 0 Å². The standard InChI is InChI=1S/C15H15N3O2/c1-20-14(19)9-5-10-16-15(18-12-6-11-17-18)13-7-3-2-4-8-13/h2-8,10-12H,9H2,1H3/b10-5-,16-15?. The van der Waals surface area contributed by atoms with Crippen LogP contribution in [-0.2, 0) is 9.53 Å². The molecule has 2 rings (SSSR count). The van der Waals surface area contributed by atoms with Gasteiger partial charge in [-0.25, -0.2) is 9.67 Å². The Morgan fingerprint density at radius 1 is 1.35 bits per heavy atom. The van der Waals surface area contributed by atoms with E-state index < -0.39 is 0 Å². The average Bonchev–Trinajstić information content (AvgIpc) is 3.02. The fourth-order valence-electron chi connectivity index (χ4n) is 1.60. The van der Waals surface area contributed by atoms with Crippen molar-refractivity contribution in [1.29, 1.82) is 0 Å². The number of aromatic nitrogens is 2. The van der Waals surface area contributed by atoms with Gasteiger partial charge < -0.3 is 4.74 Å². The molecular weight excluding hydrogens is 254 g/mol. The maximum Gasteiger partial charge on any atom is 0.309 e. The van der Waals surface area contributed by atoms with Gasteiger partial charge in [-0.2, -0.15) is 5.10 Å². The highest BCUT2D eigenvalue weighted by molar-refractivity contribution is 6.00. The molecule has 0 aliphatic heterocycles. The van der Waals surface area contributed by atoms with Gasteiger partial charge >= 0.3 is 5.97 Å². The number of carbonyl (C=O) groups excluding carboxylic acids is 1. The number of hydrogen-bond acceptors (Lipinski definition) is 4. The van der Waals surface area contributed by atoms with Crippen LogP contribution in [0.1, 0.15) is 12.0 Å². The van der Waals surface area contributed by atoms with Crippen molar-refractivity contribution >= 4 is 11.8 Å². The second-order valence-electron chi connectivity index (χ2n) is 3.93. The number of hydrogen-bond donors (Lipinski definition) is 0. The summed E-state index contributed by atoms with van der Waals surface area (Å²) in [6, 6.07) is 11.6. The Bertz CT molecular complexity index is 601. The second-order valence-corrected chi connectivity index (χ2v) is 3.93. The molecule has 0 aliphatic rings. The van der Waals surface area contributed by atoms with Gasteiger partial charge in [-0.15, -0.1) is 0 Å². The molecule has 102 valence electrons. The maximum atomic E-state index is 11.0. The molecular formula is C15H15N3O2. The van der Waals surface area contributed by atoms with Crippen LogP contribution in [0.15, 0.2) is 66.1 Å². The lowest BCUT2D eigenvalue weighted by atomic mass is 10.2. The fourth-order valence-corrected chi connectivity index (χ4v) is 1.60. The van der Waals surface area contributed by atoms with Crippen LogP contribution in [0.4, 0.5) is 0 Å². The highest BCUT2D eigenvalue weighted by atomic mass is 16.5. The zero-order valence-corrected chi connectivity index (χ0v) is 11.1. The van der Waals surface area contributed by atoms with Gasteiger partial charge in [-0.1, -0.05) is 36.4 Å². The maximum absolute atomic E-state index is 11.0. The van der Waals surface area contributed by atoms with Crippen LogP contribution in [0.25, 0.3) is 0 Å². The fraction of sp³-hybridized carbons (Fsp3) is 0.133. The molecule has 0 saturated heterocycles. The normalized spacial score (nSPS) is 11.8. The molecule has 0 atom stereocenters. The molecule has 0 aliphatic carbocycles. The van der Waals surface area contributed by atoms with Gasteiger partial charge in [-0.3, -0.25) is 4.79 Å². The molecule has 0 amide bonds. The zero-order chi connectivity index (χ0) is 14.2. The number of esters is 1. The van der Waals surface area contributed by atoms with Crippen molar-refractivity contribution in [2.45, 2.75) is 6.42 Å². The minimum atomic E-state index is -0.295. The number of methoxy groups -OCH3 is 1. The lowest BCUT2D eigenvalue weighted by Crippen LogP contribution is -2.13. The first-order valence-corrected chi connectivity index (χ1v) is 6.16. The summed E-state index contributed by atoms with van der Waals surface area (Å²) in [5, 5.41) is 4.18. The summed E-state index contributed by atoms with van der Waals surface area (Å²) >= 11 is 0. The van der Waals surface area contributed by atoms with Crippen LogP contribution in [0.3, 0.4) is 0 Å². The molecule has 0 N–H and O–H groups in total.